The van der Waals surface area contributed by atoms with E-state index in [1.165, 1.54) is 10.4 Å². The van der Waals surface area contributed by atoms with E-state index >= 15 is 0 Å². The van der Waals surface area contributed by atoms with E-state index in [-0.39, 0.29) is 0 Å². The molecule has 0 aliphatic carbocycles. The Morgan fingerprint density at radius 1 is 1.42 bits per heavy atom. The fourth-order valence-corrected chi connectivity index (χ4v) is 2.68. The van der Waals surface area contributed by atoms with Gasteiger partial charge in [0.25, 0.3) is 0 Å². The Kier molecular flexibility index (Phi) is 3.29. The minimum Gasteiger partial charge on any atom is -0.312 e. The first-order valence-corrected chi connectivity index (χ1v) is 5.26. The molecular formula is C10H17NS. The van der Waals surface area contributed by atoms with Gasteiger partial charge in [-0.25, -0.2) is 0 Å². The van der Waals surface area contributed by atoms with Crippen LogP contribution in [0.4, 0.5) is 0 Å². The Morgan fingerprint density at radius 3 is 2.42 bits per heavy atom. The number of thiophene rings is 1. The van der Waals surface area contributed by atoms with Crippen molar-refractivity contribution in [1.29, 1.82) is 0 Å². The number of hydrogen-bond acceptors (Lipinski definition) is 2. The SMILES string of the molecule is CNC(c1sccc1C)C(C)C. The number of nitrogens with one attached hydrogen (secondary N) is 1. The second-order valence-electron chi connectivity index (χ2n) is 3.48. The van der Waals surface area contributed by atoms with Gasteiger partial charge in [0.2, 0.25) is 0 Å². The molecule has 0 bridgehead atoms. The van der Waals surface area contributed by atoms with Gasteiger partial charge in [-0.1, -0.05) is 13.8 Å². The van der Waals surface area contributed by atoms with Crippen molar-refractivity contribution in [3.05, 3.63) is 21.9 Å². The third-order valence-electron chi connectivity index (χ3n) is 2.16. The monoisotopic (exact) mass is 183 g/mol. The molecule has 0 amide bonds. The Labute approximate surface area is 78.8 Å². The predicted molar refractivity (Wildman–Crippen MR) is 55.7 cm³/mol. The van der Waals surface area contributed by atoms with Crippen LogP contribution in [-0.4, -0.2) is 7.05 Å². The van der Waals surface area contributed by atoms with E-state index in [4.69, 9.17) is 0 Å². The van der Waals surface area contributed by atoms with Gasteiger partial charge >= 0.3 is 0 Å². The molecule has 1 atom stereocenters. The molecule has 1 nitrogen and oxygen atoms in total. The van der Waals surface area contributed by atoms with Crippen LogP contribution in [0.15, 0.2) is 11.4 Å². The van der Waals surface area contributed by atoms with Crippen LogP contribution < -0.4 is 5.32 Å². The maximum Gasteiger partial charge on any atom is 0.0438 e. The largest absolute Gasteiger partial charge is 0.312 e. The minimum atomic E-state index is 0.519. The van der Waals surface area contributed by atoms with Gasteiger partial charge in [0, 0.05) is 10.9 Å². The number of rotatable bonds is 3. The molecule has 0 aromatic carbocycles. The van der Waals surface area contributed by atoms with Crippen molar-refractivity contribution in [1.82, 2.24) is 5.32 Å². The van der Waals surface area contributed by atoms with Crippen LogP contribution in [0, 0.1) is 12.8 Å². The maximum absolute atomic E-state index is 3.36. The quantitative estimate of drug-likeness (QED) is 0.759. The highest BCUT2D eigenvalue weighted by molar-refractivity contribution is 7.10. The lowest BCUT2D eigenvalue weighted by Crippen LogP contribution is -2.21. The molecule has 1 aromatic rings. The Hall–Kier alpha value is -0.340. The standard InChI is InChI=1S/C10H17NS/c1-7(2)9(11-4)10-8(3)5-6-12-10/h5-7,9,11H,1-4H3. The summed E-state index contributed by atoms with van der Waals surface area (Å²) in [6, 6.07) is 2.71. The number of hydrogen-bond donors (Lipinski definition) is 1. The Balaban J connectivity index is 2.87. The summed E-state index contributed by atoms with van der Waals surface area (Å²) in [5.41, 5.74) is 1.41. The third kappa shape index (κ3) is 1.87. The topological polar surface area (TPSA) is 12.0 Å². The smallest absolute Gasteiger partial charge is 0.0438 e. The average molecular weight is 183 g/mol. The zero-order valence-electron chi connectivity index (χ0n) is 8.22. The first-order chi connectivity index (χ1) is 5.66. The summed E-state index contributed by atoms with van der Waals surface area (Å²) in [7, 11) is 2.03. The molecule has 0 aliphatic rings. The van der Waals surface area contributed by atoms with E-state index in [1.807, 2.05) is 18.4 Å². The lowest BCUT2D eigenvalue weighted by molar-refractivity contribution is 0.448. The third-order valence-corrected chi connectivity index (χ3v) is 3.26. The van der Waals surface area contributed by atoms with Crippen LogP contribution in [0.5, 0.6) is 0 Å². The van der Waals surface area contributed by atoms with Crippen LogP contribution in [0.25, 0.3) is 0 Å². The van der Waals surface area contributed by atoms with Crippen molar-refractivity contribution in [3.63, 3.8) is 0 Å². The van der Waals surface area contributed by atoms with Crippen LogP contribution in [0.2, 0.25) is 0 Å². The van der Waals surface area contributed by atoms with E-state index in [9.17, 15) is 0 Å². The summed E-state index contributed by atoms with van der Waals surface area (Å²) in [4.78, 5) is 1.48. The zero-order chi connectivity index (χ0) is 9.14. The second kappa shape index (κ2) is 4.06. The van der Waals surface area contributed by atoms with Crippen LogP contribution >= 0.6 is 11.3 Å². The Bertz CT molecular complexity index is 240. The van der Waals surface area contributed by atoms with E-state index in [0.717, 1.165) is 0 Å². The molecule has 68 valence electrons. The van der Waals surface area contributed by atoms with Crippen LogP contribution in [0.1, 0.15) is 30.3 Å². The molecule has 1 aromatic heterocycles. The van der Waals surface area contributed by atoms with E-state index < -0.39 is 0 Å². The number of aryl methyl sites for hydroxylation is 1. The normalized spacial score (nSPS) is 13.8. The van der Waals surface area contributed by atoms with Gasteiger partial charge < -0.3 is 5.32 Å². The summed E-state index contributed by atoms with van der Waals surface area (Å²) in [5.74, 6) is 0.660. The van der Waals surface area contributed by atoms with Crippen LogP contribution in [0.3, 0.4) is 0 Å². The van der Waals surface area contributed by atoms with Gasteiger partial charge in [-0.15, -0.1) is 11.3 Å². The molecule has 0 saturated heterocycles. The van der Waals surface area contributed by atoms with E-state index in [1.54, 1.807) is 0 Å². The molecule has 1 N–H and O–H groups in total. The fourth-order valence-electron chi connectivity index (χ4n) is 1.47. The van der Waals surface area contributed by atoms with E-state index in [0.29, 0.717) is 12.0 Å². The van der Waals surface area contributed by atoms with Gasteiger partial charge in [0.1, 0.15) is 0 Å². The molecule has 0 spiro atoms. The van der Waals surface area contributed by atoms with Crippen molar-refractivity contribution in [2.75, 3.05) is 7.05 Å². The molecule has 0 saturated carbocycles. The molecule has 1 unspecified atom stereocenters. The average Bonchev–Trinajstić information content (AvgIpc) is 2.38. The maximum atomic E-state index is 3.36. The molecular weight excluding hydrogens is 166 g/mol. The lowest BCUT2D eigenvalue weighted by Gasteiger charge is -2.19. The van der Waals surface area contributed by atoms with Crippen LogP contribution in [-0.2, 0) is 0 Å². The van der Waals surface area contributed by atoms with Crippen molar-refractivity contribution >= 4 is 11.3 Å². The molecule has 0 aliphatic heterocycles. The highest BCUT2D eigenvalue weighted by Crippen LogP contribution is 2.28. The first kappa shape index (κ1) is 9.75. The van der Waals surface area contributed by atoms with Gasteiger partial charge in [-0.05, 0) is 36.9 Å². The van der Waals surface area contributed by atoms with Crippen molar-refractivity contribution in [2.45, 2.75) is 26.8 Å². The fraction of sp³-hybridized carbons (Fsp3) is 0.600. The predicted octanol–water partition coefficient (Wildman–Crippen LogP) is 2.97. The van der Waals surface area contributed by atoms with Crippen molar-refractivity contribution < 1.29 is 0 Å². The van der Waals surface area contributed by atoms with Gasteiger partial charge in [-0.3, -0.25) is 0 Å². The molecule has 1 rings (SSSR count). The Morgan fingerprint density at radius 2 is 2.08 bits per heavy atom. The molecule has 2 heteroatoms. The van der Waals surface area contributed by atoms with Gasteiger partial charge in [0.15, 0.2) is 0 Å². The van der Waals surface area contributed by atoms with Crippen molar-refractivity contribution in [2.24, 2.45) is 5.92 Å². The highest BCUT2D eigenvalue weighted by Gasteiger charge is 2.16. The zero-order valence-corrected chi connectivity index (χ0v) is 9.03. The van der Waals surface area contributed by atoms with Gasteiger partial charge in [0.05, 0.1) is 0 Å². The molecule has 12 heavy (non-hydrogen) atoms. The summed E-state index contributed by atoms with van der Waals surface area (Å²) >= 11 is 1.85. The molecule has 0 radical (unpaired) electrons. The van der Waals surface area contributed by atoms with Crippen molar-refractivity contribution in [3.8, 4) is 0 Å². The first-order valence-electron chi connectivity index (χ1n) is 4.38. The summed E-state index contributed by atoms with van der Waals surface area (Å²) in [5, 5.41) is 5.52. The van der Waals surface area contributed by atoms with Gasteiger partial charge in [-0.2, -0.15) is 0 Å². The summed E-state index contributed by atoms with van der Waals surface area (Å²) < 4.78 is 0. The summed E-state index contributed by atoms with van der Waals surface area (Å²) in [6.07, 6.45) is 0. The lowest BCUT2D eigenvalue weighted by atomic mass is 10.0. The second-order valence-corrected chi connectivity index (χ2v) is 4.43. The minimum absolute atomic E-state index is 0.519. The summed E-state index contributed by atoms with van der Waals surface area (Å²) in [6.45, 7) is 6.68. The highest BCUT2D eigenvalue weighted by atomic mass is 32.1. The van der Waals surface area contributed by atoms with E-state index in [2.05, 4.69) is 37.5 Å². The molecule has 0 fully saturated rings. The molecule has 1 heterocycles.